The summed E-state index contributed by atoms with van der Waals surface area (Å²) in [4.78, 5) is 11.4. The predicted octanol–water partition coefficient (Wildman–Crippen LogP) is 0.194. The van der Waals surface area contributed by atoms with E-state index in [1.165, 1.54) is 23.9 Å². The first-order chi connectivity index (χ1) is 6.56. The first kappa shape index (κ1) is 10.7. The van der Waals surface area contributed by atoms with Gasteiger partial charge in [-0.3, -0.25) is 4.79 Å². The summed E-state index contributed by atoms with van der Waals surface area (Å²) in [5.74, 6) is 0.358. The Balaban J connectivity index is 3.12. The predicted molar refractivity (Wildman–Crippen MR) is 51.4 cm³/mol. The zero-order valence-electron chi connectivity index (χ0n) is 8.47. The Morgan fingerprint density at radius 1 is 1.50 bits per heavy atom. The Morgan fingerprint density at radius 3 is 2.64 bits per heavy atom. The molecular formula is C9H14N2O3. The van der Waals surface area contributed by atoms with Crippen molar-refractivity contribution < 1.29 is 9.84 Å². The molecule has 14 heavy (non-hydrogen) atoms. The molecule has 0 aliphatic rings. The van der Waals surface area contributed by atoms with Crippen LogP contribution in [-0.4, -0.2) is 28.1 Å². The minimum absolute atomic E-state index is 0.251. The molecule has 0 fully saturated rings. The molecule has 1 N–H and O–H groups in total. The van der Waals surface area contributed by atoms with Crippen molar-refractivity contribution in [2.45, 2.75) is 26.0 Å². The molecule has 5 nitrogen and oxygen atoms in total. The Hall–Kier alpha value is -1.36. The second-order valence-corrected chi connectivity index (χ2v) is 3.14. The van der Waals surface area contributed by atoms with Gasteiger partial charge in [0.25, 0.3) is 5.56 Å². The third-order valence-electron chi connectivity index (χ3n) is 2.09. The number of aliphatic hydroxyl groups excluding tert-OH is 1. The molecule has 1 aromatic rings. The molecule has 0 radical (unpaired) electrons. The lowest BCUT2D eigenvalue weighted by Gasteiger charge is -2.16. The van der Waals surface area contributed by atoms with Crippen molar-refractivity contribution in [3.63, 3.8) is 0 Å². The molecular weight excluding hydrogens is 184 g/mol. The van der Waals surface area contributed by atoms with Gasteiger partial charge in [0.1, 0.15) is 0 Å². The highest BCUT2D eigenvalue weighted by atomic mass is 16.5. The van der Waals surface area contributed by atoms with Crippen molar-refractivity contribution >= 4 is 0 Å². The zero-order valence-corrected chi connectivity index (χ0v) is 8.47. The second-order valence-electron chi connectivity index (χ2n) is 3.14. The smallest absolute Gasteiger partial charge is 0.267 e. The molecule has 2 atom stereocenters. The van der Waals surface area contributed by atoms with Crippen LogP contribution in [-0.2, 0) is 0 Å². The fourth-order valence-electron chi connectivity index (χ4n) is 1.01. The molecule has 0 saturated carbocycles. The van der Waals surface area contributed by atoms with E-state index in [4.69, 9.17) is 4.74 Å². The number of methoxy groups -OCH3 is 1. The van der Waals surface area contributed by atoms with Crippen molar-refractivity contribution in [1.82, 2.24) is 9.78 Å². The molecule has 0 spiro atoms. The molecule has 0 aromatic carbocycles. The van der Waals surface area contributed by atoms with Gasteiger partial charge in [-0.25, -0.2) is 4.68 Å². The summed E-state index contributed by atoms with van der Waals surface area (Å²) >= 11 is 0. The van der Waals surface area contributed by atoms with E-state index in [0.717, 1.165) is 0 Å². The highest BCUT2D eigenvalue weighted by Crippen LogP contribution is 2.08. The van der Waals surface area contributed by atoms with Crippen LogP contribution in [0.5, 0.6) is 5.88 Å². The third-order valence-corrected chi connectivity index (χ3v) is 2.09. The van der Waals surface area contributed by atoms with Crippen LogP contribution in [0.2, 0.25) is 0 Å². The van der Waals surface area contributed by atoms with Crippen LogP contribution >= 0.6 is 0 Å². The largest absolute Gasteiger partial charge is 0.480 e. The maximum absolute atomic E-state index is 11.4. The number of aliphatic hydroxyl groups is 1. The van der Waals surface area contributed by atoms with E-state index in [1.807, 2.05) is 0 Å². The van der Waals surface area contributed by atoms with Gasteiger partial charge in [0.15, 0.2) is 0 Å². The average molecular weight is 198 g/mol. The maximum Gasteiger partial charge on any atom is 0.267 e. The van der Waals surface area contributed by atoms with Gasteiger partial charge in [0, 0.05) is 12.1 Å². The summed E-state index contributed by atoms with van der Waals surface area (Å²) in [5.41, 5.74) is -0.251. The summed E-state index contributed by atoms with van der Waals surface area (Å²) in [5, 5.41) is 13.3. The van der Waals surface area contributed by atoms with Crippen molar-refractivity contribution in [1.29, 1.82) is 0 Å². The van der Waals surface area contributed by atoms with Crippen molar-refractivity contribution in [2.75, 3.05) is 7.11 Å². The molecule has 2 unspecified atom stereocenters. The quantitative estimate of drug-likeness (QED) is 0.753. The second kappa shape index (κ2) is 4.23. The summed E-state index contributed by atoms with van der Waals surface area (Å²) < 4.78 is 6.10. The Kier molecular flexibility index (Phi) is 3.24. The van der Waals surface area contributed by atoms with Gasteiger partial charge in [0.2, 0.25) is 5.88 Å². The normalized spacial score (nSPS) is 14.9. The lowest BCUT2D eigenvalue weighted by atomic mass is 10.2. The molecule has 0 saturated heterocycles. The molecule has 1 heterocycles. The van der Waals surface area contributed by atoms with E-state index in [-0.39, 0.29) is 11.6 Å². The number of nitrogens with zero attached hydrogens (tertiary/aromatic N) is 2. The first-order valence-corrected chi connectivity index (χ1v) is 4.38. The molecule has 1 rings (SSSR count). The molecule has 78 valence electrons. The van der Waals surface area contributed by atoms with E-state index in [1.54, 1.807) is 13.8 Å². The summed E-state index contributed by atoms with van der Waals surface area (Å²) in [6.45, 7) is 3.33. The number of aromatic nitrogens is 2. The molecule has 1 aromatic heterocycles. The van der Waals surface area contributed by atoms with E-state index >= 15 is 0 Å². The van der Waals surface area contributed by atoms with E-state index in [2.05, 4.69) is 5.10 Å². The van der Waals surface area contributed by atoms with E-state index < -0.39 is 6.10 Å². The maximum atomic E-state index is 11.4. The van der Waals surface area contributed by atoms with Crippen molar-refractivity contribution in [2.24, 2.45) is 0 Å². The molecule has 5 heteroatoms. The number of hydrogen-bond acceptors (Lipinski definition) is 4. The van der Waals surface area contributed by atoms with Gasteiger partial charge >= 0.3 is 0 Å². The Morgan fingerprint density at radius 2 is 2.14 bits per heavy atom. The van der Waals surface area contributed by atoms with Crippen LogP contribution in [0.25, 0.3) is 0 Å². The van der Waals surface area contributed by atoms with Gasteiger partial charge in [-0.2, -0.15) is 0 Å². The number of hydrogen-bond donors (Lipinski definition) is 1. The molecule has 0 bridgehead atoms. The summed E-state index contributed by atoms with van der Waals surface area (Å²) in [7, 11) is 1.48. The van der Waals surface area contributed by atoms with E-state index in [9.17, 15) is 9.90 Å². The van der Waals surface area contributed by atoms with Crippen LogP contribution in [0.1, 0.15) is 19.9 Å². The van der Waals surface area contributed by atoms with Crippen molar-refractivity contribution in [3.05, 3.63) is 22.5 Å². The number of rotatable bonds is 3. The Bertz CT molecular complexity index is 359. The molecule has 0 aliphatic heterocycles. The fraction of sp³-hybridized carbons (Fsp3) is 0.556. The summed E-state index contributed by atoms with van der Waals surface area (Å²) in [6.07, 6.45) is -0.632. The fourth-order valence-corrected chi connectivity index (χ4v) is 1.01. The standard InChI is InChI=1S/C9H14N2O3/c1-6(7(2)12)11-9(13)5-4-8(10-11)14-3/h4-7,12H,1-3H3. The minimum atomic E-state index is -0.632. The van der Waals surface area contributed by atoms with Crippen LogP contribution in [0.4, 0.5) is 0 Å². The average Bonchev–Trinajstić information content (AvgIpc) is 2.17. The van der Waals surface area contributed by atoms with Gasteiger partial charge < -0.3 is 9.84 Å². The lowest BCUT2D eigenvalue weighted by molar-refractivity contribution is 0.128. The van der Waals surface area contributed by atoms with Gasteiger partial charge in [-0.15, -0.1) is 5.10 Å². The molecule has 0 amide bonds. The highest BCUT2D eigenvalue weighted by Gasteiger charge is 2.13. The first-order valence-electron chi connectivity index (χ1n) is 4.38. The van der Waals surface area contributed by atoms with Gasteiger partial charge in [0.05, 0.1) is 19.3 Å². The van der Waals surface area contributed by atoms with E-state index in [0.29, 0.717) is 5.88 Å². The van der Waals surface area contributed by atoms with Gasteiger partial charge in [-0.05, 0) is 13.8 Å². The summed E-state index contributed by atoms with van der Waals surface area (Å²) in [6, 6.07) is 2.50. The number of ether oxygens (including phenoxy) is 1. The van der Waals surface area contributed by atoms with Crippen LogP contribution < -0.4 is 10.3 Å². The van der Waals surface area contributed by atoms with Crippen LogP contribution in [0.3, 0.4) is 0 Å². The third kappa shape index (κ3) is 2.11. The monoisotopic (exact) mass is 198 g/mol. The Labute approximate surface area is 81.9 Å². The van der Waals surface area contributed by atoms with Crippen LogP contribution in [0, 0.1) is 0 Å². The lowest BCUT2D eigenvalue weighted by Crippen LogP contribution is -2.30. The SMILES string of the molecule is COc1ccc(=O)n(C(C)C(C)O)n1. The molecule has 0 aliphatic carbocycles. The van der Waals surface area contributed by atoms with Crippen LogP contribution in [0.15, 0.2) is 16.9 Å². The zero-order chi connectivity index (χ0) is 10.7. The van der Waals surface area contributed by atoms with Crippen molar-refractivity contribution in [3.8, 4) is 5.88 Å². The highest BCUT2D eigenvalue weighted by molar-refractivity contribution is 5.06. The minimum Gasteiger partial charge on any atom is -0.480 e. The van der Waals surface area contributed by atoms with Gasteiger partial charge in [-0.1, -0.05) is 0 Å². The topological polar surface area (TPSA) is 64.3 Å².